The number of nitrogens with one attached hydrogen (secondary N) is 1. The maximum absolute atomic E-state index is 4.25. The molecule has 0 aliphatic carbocycles. The molecule has 2 rings (SSSR count). The maximum atomic E-state index is 4.25. The van der Waals surface area contributed by atoms with Gasteiger partial charge in [-0.25, -0.2) is 4.98 Å². The highest BCUT2D eigenvalue weighted by Gasteiger charge is 2.08. The Hall–Kier alpha value is -1.53. The van der Waals surface area contributed by atoms with Crippen LogP contribution in [0.5, 0.6) is 0 Å². The summed E-state index contributed by atoms with van der Waals surface area (Å²) in [6.45, 7) is 3.59. The second-order valence-corrected chi connectivity index (χ2v) is 5.07. The third-order valence-corrected chi connectivity index (χ3v) is 3.60. The third kappa shape index (κ3) is 3.02. The summed E-state index contributed by atoms with van der Waals surface area (Å²) in [6.07, 6.45) is 0. The smallest absolute Gasteiger partial charge is 0.151 e. The average Bonchev–Trinajstić information content (AvgIpc) is 2.76. The van der Waals surface area contributed by atoms with E-state index < -0.39 is 0 Å². The molecule has 2 heterocycles. The summed E-state index contributed by atoms with van der Waals surface area (Å²) in [5.74, 6) is 0.877. The molecule has 2 aromatic rings. The van der Waals surface area contributed by atoms with Crippen LogP contribution >= 0.6 is 11.3 Å². The molecule has 0 atom stereocenters. The Labute approximate surface area is 111 Å². The summed E-state index contributed by atoms with van der Waals surface area (Å²) in [5.41, 5.74) is 3.91. The summed E-state index contributed by atoms with van der Waals surface area (Å²) in [5, 5.41) is 11.5. The molecule has 18 heavy (non-hydrogen) atoms. The molecular weight excluding hydrogens is 246 g/mol. The van der Waals surface area contributed by atoms with Crippen molar-refractivity contribution in [2.45, 2.75) is 20.0 Å². The third-order valence-electron chi connectivity index (χ3n) is 2.68. The highest BCUT2D eigenvalue weighted by molar-refractivity contribution is 7.09. The van der Waals surface area contributed by atoms with Crippen molar-refractivity contribution in [3.8, 4) is 0 Å². The molecule has 0 aliphatic rings. The SMILES string of the molecule is CNCc1ccc(N(C)Cc2scnc2C)nn1. The predicted octanol–water partition coefficient (Wildman–Crippen LogP) is 1.60. The summed E-state index contributed by atoms with van der Waals surface area (Å²) in [6, 6.07) is 3.99. The van der Waals surface area contributed by atoms with E-state index in [1.165, 1.54) is 4.88 Å². The van der Waals surface area contributed by atoms with Crippen molar-refractivity contribution in [1.29, 1.82) is 0 Å². The zero-order valence-electron chi connectivity index (χ0n) is 10.8. The van der Waals surface area contributed by atoms with Crippen LogP contribution < -0.4 is 10.2 Å². The van der Waals surface area contributed by atoms with Crippen LogP contribution in [0.25, 0.3) is 0 Å². The molecule has 1 N–H and O–H groups in total. The fourth-order valence-corrected chi connectivity index (χ4v) is 2.44. The molecule has 6 heteroatoms. The lowest BCUT2D eigenvalue weighted by Crippen LogP contribution is -2.18. The molecule has 0 aromatic carbocycles. The molecule has 0 amide bonds. The molecule has 2 aromatic heterocycles. The molecule has 0 radical (unpaired) electrons. The first-order valence-electron chi connectivity index (χ1n) is 5.78. The van der Waals surface area contributed by atoms with E-state index in [2.05, 4.69) is 25.4 Å². The van der Waals surface area contributed by atoms with Crippen LogP contribution in [0.2, 0.25) is 0 Å². The normalized spacial score (nSPS) is 10.6. The van der Waals surface area contributed by atoms with Gasteiger partial charge in [-0.2, -0.15) is 5.10 Å². The van der Waals surface area contributed by atoms with Gasteiger partial charge in [0.15, 0.2) is 5.82 Å². The lowest BCUT2D eigenvalue weighted by Gasteiger charge is -2.16. The van der Waals surface area contributed by atoms with E-state index in [0.717, 1.165) is 30.3 Å². The van der Waals surface area contributed by atoms with Crippen LogP contribution in [0.1, 0.15) is 16.3 Å². The van der Waals surface area contributed by atoms with Crippen molar-refractivity contribution in [2.75, 3.05) is 19.0 Å². The number of nitrogens with zero attached hydrogens (tertiary/aromatic N) is 4. The topological polar surface area (TPSA) is 53.9 Å². The number of anilines is 1. The number of aryl methyl sites for hydroxylation is 1. The van der Waals surface area contributed by atoms with E-state index in [1.54, 1.807) is 11.3 Å². The Morgan fingerprint density at radius 1 is 1.33 bits per heavy atom. The molecule has 0 unspecified atom stereocenters. The van der Waals surface area contributed by atoms with Gasteiger partial charge in [0.25, 0.3) is 0 Å². The molecule has 0 bridgehead atoms. The zero-order chi connectivity index (χ0) is 13.0. The monoisotopic (exact) mass is 263 g/mol. The van der Waals surface area contributed by atoms with E-state index in [0.29, 0.717) is 0 Å². The molecule has 0 saturated carbocycles. The van der Waals surface area contributed by atoms with Gasteiger partial charge in [-0.3, -0.25) is 0 Å². The Morgan fingerprint density at radius 2 is 2.17 bits per heavy atom. The second kappa shape index (κ2) is 5.88. The second-order valence-electron chi connectivity index (χ2n) is 4.13. The molecule has 0 fully saturated rings. The van der Waals surface area contributed by atoms with Crippen LogP contribution in [-0.2, 0) is 13.1 Å². The molecule has 0 spiro atoms. The largest absolute Gasteiger partial charge is 0.353 e. The summed E-state index contributed by atoms with van der Waals surface area (Å²) in [4.78, 5) is 7.59. The van der Waals surface area contributed by atoms with Crippen molar-refractivity contribution in [3.05, 3.63) is 33.9 Å². The number of hydrogen-bond donors (Lipinski definition) is 1. The van der Waals surface area contributed by atoms with Crippen molar-refractivity contribution >= 4 is 17.2 Å². The minimum absolute atomic E-state index is 0.741. The van der Waals surface area contributed by atoms with E-state index in [1.807, 2.05) is 38.7 Å². The van der Waals surface area contributed by atoms with Crippen LogP contribution in [0.3, 0.4) is 0 Å². The van der Waals surface area contributed by atoms with Crippen molar-refractivity contribution in [1.82, 2.24) is 20.5 Å². The minimum Gasteiger partial charge on any atom is -0.353 e. The minimum atomic E-state index is 0.741. The van der Waals surface area contributed by atoms with Gasteiger partial charge in [0.1, 0.15) is 0 Å². The first-order chi connectivity index (χ1) is 8.70. The van der Waals surface area contributed by atoms with Gasteiger partial charge in [-0.05, 0) is 26.1 Å². The fourth-order valence-electron chi connectivity index (χ4n) is 1.61. The van der Waals surface area contributed by atoms with Crippen molar-refractivity contribution in [2.24, 2.45) is 0 Å². The van der Waals surface area contributed by atoms with Crippen LogP contribution in [0, 0.1) is 6.92 Å². The molecule has 5 nitrogen and oxygen atoms in total. The van der Waals surface area contributed by atoms with Gasteiger partial charge in [0, 0.05) is 18.5 Å². The van der Waals surface area contributed by atoms with Gasteiger partial charge in [0.05, 0.1) is 23.4 Å². The number of rotatable bonds is 5. The lowest BCUT2D eigenvalue weighted by atomic mass is 10.3. The Morgan fingerprint density at radius 3 is 2.72 bits per heavy atom. The quantitative estimate of drug-likeness (QED) is 0.888. The Kier molecular flexibility index (Phi) is 4.22. The summed E-state index contributed by atoms with van der Waals surface area (Å²) < 4.78 is 0. The highest BCUT2D eigenvalue weighted by Crippen LogP contribution is 2.17. The predicted molar refractivity (Wildman–Crippen MR) is 73.8 cm³/mol. The van der Waals surface area contributed by atoms with Gasteiger partial charge < -0.3 is 10.2 Å². The molecule has 0 aliphatic heterocycles. The standard InChI is InChI=1S/C12H17N5S/c1-9-11(18-8-14-9)7-17(3)12-5-4-10(6-13-2)15-16-12/h4-5,8,13H,6-7H2,1-3H3. The van der Waals surface area contributed by atoms with Gasteiger partial charge in [-0.1, -0.05) is 0 Å². The molecule has 96 valence electrons. The summed E-state index contributed by atoms with van der Waals surface area (Å²) >= 11 is 1.67. The van der Waals surface area contributed by atoms with Crippen LogP contribution in [0.15, 0.2) is 17.6 Å². The van der Waals surface area contributed by atoms with Gasteiger partial charge in [0.2, 0.25) is 0 Å². The summed E-state index contributed by atoms with van der Waals surface area (Å²) in [7, 11) is 3.91. The van der Waals surface area contributed by atoms with E-state index in [-0.39, 0.29) is 0 Å². The van der Waals surface area contributed by atoms with Crippen LogP contribution in [-0.4, -0.2) is 29.3 Å². The van der Waals surface area contributed by atoms with E-state index in [9.17, 15) is 0 Å². The highest BCUT2D eigenvalue weighted by atomic mass is 32.1. The number of hydrogen-bond acceptors (Lipinski definition) is 6. The van der Waals surface area contributed by atoms with Crippen LogP contribution in [0.4, 0.5) is 5.82 Å². The zero-order valence-corrected chi connectivity index (χ0v) is 11.7. The number of thiazole rings is 1. The van der Waals surface area contributed by atoms with Gasteiger partial charge in [-0.15, -0.1) is 16.4 Å². The first kappa shape index (κ1) is 12.9. The average molecular weight is 263 g/mol. The Bertz CT molecular complexity index is 493. The van der Waals surface area contributed by atoms with Crippen molar-refractivity contribution in [3.63, 3.8) is 0 Å². The number of aromatic nitrogens is 3. The molecule has 0 saturated heterocycles. The Balaban J connectivity index is 2.04. The first-order valence-corrected chi connectivity index (χ1v) is 6.66. The fraction of sp³-hybridized carbons (Fsp3) is 0.417. The maximum Gasteiger partial charge on any atom is 0.151 e. The van der Waals surface area contributed by atoms with Gasteiger partial charge >= 0.3 is 0 Å². The lowest BCUT2D eigenvalue weighted by molar-refractivity contribution is 0.759. The van der Waals surface area contributed by atoms with E-state index >= 15 is 0 Å². The van der Waals surface area contributed by atoms with E-state index in [4.69, 9.17) is 0 Å². The molecular formula is C12H17N5S. The van der Waals surface area contributed by atoms with Crippen molar-refractivity contribution < 1.29 is 0 Å².